The van der Waals surface area contributed by atoms with Gasteiger partial charge in [-0.15, -0.1) is 0 Å². The van der Waals surface area contributed by atoms with E-state index in [-0.39, 0.29) is 22.7 Å². The van der Waals surface area contributed by atoms with Crippen LogP contribution in [0.4, 0.5) is 5.69 Å². The van der Waals surface area contributed by atoms with Crippen molar-refractivity contribution in [2.75, 3.05) is 25.0 Å². The maximum Gasteiger partial charge on any atom is 0.326 e. The van der Waals surface area contributed by atoms with Gasteiger partial charge in [0, 0.05) is 31.0 Å². The van der Waals surface area contributed by atoms with Crippen molar-refractivity contribution in [2.24, 2.45) is 0 Å². The topological polar surface area (TPSA) is 115 Å². The standard InChI is InChI=1S/C19H23N3O6S/c1-3-22(4-2)29(26,27)16-9-7-8-15(12-16)20-17(23)14-28-19(25)13-21-11-6-5-10-18(21)24/h5-12H,3-4,13-14H2,1-2H3,(H,20,23). The van der Waals surface area contributed by atoms with Crippen LogP contribution in [-0.4, -0.2) is 48.9 Å². The van der Waals surface area contributed by atoms with Crippen molar-refractivity contribution >= 4 is 27.6 Å². The second-order valence-electron chi connectivity index (χ2n) is 5.99. The Bertz CT molecular complexity index is 1030. The molecule has 0 aliphatic heterocycles. The number of aromatic nitrogens is 1. The molecule has 2 rings (SSSR count). The van der Waals surface area contributed by atoms with Crippen LogP contribution in [0.2, 0.25) is 0 Å². The number of ether oxygens (including phenoxy) is 1. The van der Waals surface area contributed by atoms with E-state index in [1.165, 1.54) is 40.8 Å². The SMILES string of the molecule is CCN(CC)S(=O)(=O)c1cccc(NC(=O)COC(=O)Cn2ccccc2=O)c1. The van der Waals surface area contributed by atoms with Gasteiger partial charge in [-0.05, 0) is 24.3 Å². The molecular weight excluding hydrogens is 398 g/mol. The molecule has 0 spiro atoms. The van der Waals surface area contributed by atoms with Gasteiger partial charge in [-0.1, -0.05) is 26.0 Å². The van der Waals surface area contributed by atoms with Gasteiger partial charge < -0.3 is 14.6 Å². The van der Waals surface area contributed by atoms with E-state index in [2.05, 4.69) is 5.32 Å². The van der Waals surface area contributed by atoms with Gasteiger partial charge >= 0.3 is 5.97 Å². The first-order valence-electron chi connectivity index (χ1n) is 8.99. The fourth-order valence-electron chi connectivity index (χ4n) is 2.57. The molecule has 10 heteroatoms. The minimum absolute atomic E-state index is 0.0550. The van der Waals surface area contributed by atoms with Crippen molar-refractivity contribution in [3.63, 3.8) is 0 Å². The van der Waals surface area contributed by atoms with Crippen LogP contribution in [0.25, 0.3) is 0 Å². The van der Waals surface area contributed by atoms with Crippen molar-refractivity contribution < 1.29 is 22.7 Å². The number of amides is 1. The molecule has 0 unspecified atom stereocenters. The molecule has 0 fully saturated rings. The van der Waals surface area contributed by atoms with Gasteiger partial charge in [0.15, 0.2) is 6.61 Å². The van der Waals surface area contributed by atoms with Gasteiger partial charge in [0.2, 0.25) is 10.0 Å². The van der Waals surface area contributed by atoms with Crippen LogP contribution < -0.4 is 10.9 Å². The van der Waals surface area contributed by atoms with E-state index in [1.807, 2.05) is 0 Å². The van der Waals surface area contributed by atoms with Crippen molar-refractivity contribution in [2.45, 2.75) is 25.3 Å². The zero-order valence-corrected chi connectivity index (χ0v) is 17.0. The van der Waals surface area contributed by atoms with Crippen LogP contribution >= 0.6 is 0 Å². The Balaban J connectivity index is 1.96. The average molecular weight is 421 g/mol. The lowest BCUT2D eigenvalue weighted by Crippen LogP contribution is -2.30. The summed E-state index contributed by atoms with van der Waals surface area (Å²) < 4.78 is 32.5. The van der Waals surface area contributed by atoms with E-state index < -0.39 is 28.5 Å². The summed E-state index contributed by atoms with van der Waals surface area (Å²) in [4.78, 5) is 35.4. The van der Waals surface area contributed by atoms with Crippen LogP contribution in [0.3, 0.4) is 0 Å². The Hall–Kier alpha value is -2.98. The Labute approximate surface area is 169 Å². The Kier molecular flexibility index (Phi) is 7.68. The number of esters is 1. The molecule has 156 valence electrons. The number of anilines is 1. The number of rotatable bonds is 9. The Morgan fingerprint density at radius 3 is 2.48 bits per heavy atom. The molecule has 0 bridgehead atoms. The molecule has 0 saturated heterocycles. The number of carbonyl (C=O) groups is 2. The summed E-state index contributed by atoms with van der Waals surface area (Å²) in [5.74, 6) is -1.37. The predicted molar refractivity (Wildman–Crippen MR) is 107 cm³/mol. The number of benzene rings is 1. The summed E-state index contributed by atoms with van der Waals surface area (Å²) in [7, 11) is -3.66. The highest BCUT2D eigenvalue weighted by molar-refractivity contribution is 7.89. The van der Waals surface area contributed by atoms with E-state index >= 15 is 0 Å². The lowest BCUT2D eigenvalue weighted by atomic mass is 10.3. The summed E-state index contributed by atoms with van der Waals surface area (Å²) in [5, 5.41) is 2.49. The fourth-order valence-corrected chi connectivity index (χ4v) is 4.07. The third kappa shape index (κ3) is 6.00. The van der Waals surface area contributed by atoms with E-state index in [0.717, 1.165) is 4.57 Å². The van der Waals surface area contributed by atoms with Gasteiger partial charge in [0.25, 0.3) is 11.5 Å². The highest BCUT2D eigenvalue weighted by Crippen LogP contribution is 2.19. The third-order valence-electron chi connectivity index (χ3n) is 4.02. The minimum Gasteiger partial charge on any atom is -0.454 e. The van der Waals surface area contributed by atoms with Crippen LogP contribution in [0.15, 0.2) is 58.4 Å². The Morgan fingerprint density at radius 1 is 1.10 bits per heavy atom. The smallest absolute Gasteiger partial charge is 0.326 e. The number of nitrogens with zero attached hydrogens (tertiary/aromatic N) is 2. The molecule has 1 N–H and O–H groups in total. The molecule has 1 amide bonds. The van der Waals surface area contributed by atoms with Crippen LogP contribution in [0, 0.1) is 0 Å². The lowest BCUT2D eigenvalue weighted by Gasteiger charge is -2.18. The minimum atomic E-state index is -3.66. The van der Waals surface area contributed by atoms with Gasteiger partial charge in [-0.25, -0.2) is 8.42 Å². The first kappa shape index (κ1) is 22.3. The molecule has 0 aliphatic carbocycles. The molecule has 1 heterocycles. The van der Waals surface area contributed by atoms with E-state index in [0.29, 0.717) is 13.1 Å². The van der Waals surface area contributed by atoms with Gasteiger partial charge in [0.05, 0.1) is 4.90 Å². The summed E-state index contributed by atoms with van der Waals surface area (Å²) in [5.41, 5.74) is -0.0984. The van der Waals surface area contributed by atoms with Crippen molar-refractivity contribution in [3.8, 4) is 0 Å². The van der Waals surface area contributed by atoms with Gasteiger partial charge in [-0.2, -0.15) is 4.31 Å². The maximum absolute atomic E-state index is 12.6. The number of hydrogen-bond acceptors (Lipinski definition) is 6. The summed E-state index contributed by atoms with van der Waals surface area (Å²) in [6.07, 6.45) is 1.44. The normalized spacial score (nSPS) is 11.3. The lowest BCUT2D eigenvalue weighted by molar-refractivity contribution is -0.147. The molecule has 1 aromatic carbocycles. The molecule has 2 aromatic rings. The number of hydrogen-bond donors (Lipinski definition) is 1. The number of pyridine rings is 1. The fraction of sp³-hybridized carbons (Fsp3) is 0.316. The van der Waals surface area contributed by atoms with Crippen LogP contribution in [-0.2, 0) is 30.9 Å². The molecule has 0 atom stereocenters. The monoisotopic (exact) mass is 421 g/mol. The Morgan fingerprint density at radius 2 is 1.83 bits per heavy atom. The second-order valence-corrected chi connectivity index (χ2v) is 7.93. The zero-order chi connectivity index (χ0) is 21.4. The highest BCUT2D eigenvalue weighted by atomic mass is 32.2. The number of nitrogens with one attached hydrogen (secondary N) is 1. The third-order valence-corrected chi connectivity index (χ3v) is 6.07. The first-order valence-corrected chi connectivity index (χ1v) is 10.4. The van der Waals surface area contributed by atoms with Gasteiger partial charge in [0.1, 0.15) is 6.54 Å². The molecule has 9 nitrogen and oxygen atoms in total. The summed E-state index contributed by atoms with van der Waals surface area (Å²) in [6, 6.07) is 10.3. The molecule has 0 radical (unpaired) electrons. The van der Waals surface area contributed by atoms with E-state index in [9.17, 15) is 22.8 Å². The maximum atomic E-state index is 12.6. The number of sulfonamides is 1. The van der Waals surface area contributed by atoms with Crippen molar-refractivity contribution in [3.05, 3.63) is 59.0 Å². The molecular formula is C19H23N3O6S. The largest absolute Gasteiger partial charge is 0.454 e. The predicted octanol–water partition coefficient (Wildman–Crippen LogP) is 1.06. The van der Waals surface area contributed by atoms with E-state index in [1.54, 1.807) is 26.0 Å². The summed E-state index contributed by atoms with van der Waals surface area (Å²) in [6.45, 7) is 3.26. The molecule has 29 heavy (non-hydrogen) atoms. The number of carbonyl (C=O) groups excluding carboxylic acids is 2. The summed E-state index contributed by atoms with van der Waals surface area (Å²) >= 11 is 0. The average Bonchev–Trinajstić information content (AvgIpc) is 2.69. The zero-order valence-electron chi connectivity index (χ0n) is 16.2. The molecule has 0 aliphatic rings. The molecule has 1 aromatic heterocycles. The van der Waals surface area contributed by atoms with E-state index in [4.69, 9.17) is 4.74 Å². The second kappa shape index (κ2) is 9.99. The van der Waals surface area contributed by atoms with Crippen LogP contribution in [0.5, 0.6) is 0 Å². The quantitative estimate of drug-likeness (QED) is 0.606. The first-order chi connectivity index (χ1) is 13.8. The van der Waals surface area contributed by atoms with Crippen LogP contribution in [0.1, 0.15) is 13.8 Å². The van der Waals surface area contributed by atoms with Gasteiger partial charge in [-0.3, -0.25) is 14.4 Å². The molecule has 0 saturated carbocycles. The van der Waals surface area contributed by atoms with Crippen molar-refractivity contribution in [1.29, 1.82) is 0 Å². The highest BCUT2D eigenvalue weighted by Gasteiger charge is 2.22. The van der Waals surface area contributed by atoms with Crippen molar-refractivity contribution in [1.82, 2.24) is 8.87 Å².